The van der Waals surface area contributed by atoms with Crippen LogP contribution < -0.4 is 14.8 Å². The standard InChI is InChI=1S/C26H28N4O5/c31-24(29-13-11-28(12-14-29)10-4-7-19-5-2-1-3-6-19)16-21-25(32)30(26(33)27-21)17-20-8-9-22-23(15-20)35-18-34-22/h1-9,15,21H,10-14,16-18H2,(H,27,33)/b7-4+/t21-/m1/s1. The summed E-state index contributed by atoms with van der Waals surface area (Å²) in [5.74, 6) is 0.733. The third-order valence-corrected chi connectivity index (χ3v) is 6.46. The molecule has 2 fully saturated rings. The van der Waals surface area contributed by atoms with Crippen molar-refractivity contribution in [3.05, 3.63) is 65.7 Å². The van der Waals surface area contributed by atoms with E-state index in [1.54, 1.807) is 23.1 Å². The van der Waals surface area contributed by atoms with Crippen LogP contribution in [0.15, 0.2) is 54.6 Å². The Hall–Kier alpha value is -3.85. The molecular formula is C26H28N4O5. The van der Waals surface area contributed by atoms with Crippen LogP contribution in [0.3, 0.4) is 0 Å². The maximum Gasteiger partial charge on any atom is 0.325 e. The molecule has 1 N–H and O–H groups in total. The molecule has 0 aliphatic carbocycles. The number of piperazine rings is 1. The van der Waals surface area contributed by atoms with Gasteiger partial charge in [0, 0.05) is 32.7 Å². The van der Waals surface area contributed by atoms with Crippen LogP contribution in [0.5, 0.6) is 11.5 Å². The van der Waals surface area contributed by atoms with Crippen LogP contribution in [0, 0.1) is 0 Å². The van der Waals surface area contributed by atoms with Gasteiger partial charge in [-0.25, -0.2) is 4.79 Å². The molecule has 2 saturated heterocycles. The first kappa shape index (κ1) is 22.9. The summed E-state index contributed by atoms with van der Waals surface area (Å²) < 4.78 is 10.7. The lowest BCUT2D eigenvalue weighted by atomic mass is 10.1. The number of benzene rings is 2. The van der Waals surface area contributed by atoms with Gasteiger partial charge in [0.1, 0.15) is 6.04 Å². The maximum atomic E-state index is 12.9. The highest BCUT2D eigenvalue weighted by Crippen LogP contribution is 2.33. The summed E-state index contributed by atoms with van der Waals surface area (Å²) in [5.41, 5.74) is 1.92. The van der Waals surface area contributed by atoms with Crippen LogP contribution in [0.25, 0.3) is 6.08 Å². The molecule has 182 valence electrons. The number of imide groups is 1. The third kappa shape index (κ3) is 5.30. The lowest BCUT2D eigenvalue weighted by Crippen LogP contribution is -2.50. The van der Waals surface area contributed by atoms with Crippen molar-refractivity contribution in [3.8, 4) is 11.5 Å². The monoisotopic (exact) mass is 476 g/mol. The number of hydrogen-bond acceptors (Lipinski definition) is 6. The summed E-state index contributed by atoms with van der Waals surface area (Å²) in [6.45, 7) is 3.84. The maximum absolute atomic E-state index is 12.9. The van der Waals surface area contributed by atoms with Crippen LogP contribution in [-0.2, 0) is 16.1 Å². The number of ether oxygens (including phenoxy) is 2. The Kier molecular flexibility index (Phi) is 6.67. The van der Waals surface area contributed by atoms with E-state index in [4.69, 9.17) is 9.47 Å². The summed E-state index contributed by atoms with van der Waals surface area (Å²) in [4.78, 5) is 43.4. The summed E-state index contributed by atoms with van der Waals surface area (Å²) in [6, 6.07) is 14.1. The van der Waals surface area contributed by atoms with Crippen molar-refractivity contribution in [2.75, 3.05) is 39.5 Å². The van der Waals surface area contributed by atoms with E-state index in [-0.39, 0.29) is 31.6 Å². The van der Waals surface area contributed by atoms with Crippen LogP contribution in [0.4, 0.5) is 4.79 Å². The van der Waals surface area contributed by atoms with Crippen molar-refractivity contribution < 1.29 is 23.9 Å². The molecule has 0 spiro atoms. The second kappa shape index (κ2) is 10.2. The quantitative estimate of drug-likeness (QED) is 0.616. The molecular weight excluding hydrogens is 448 g/mol. The fraction of sp³-hybridized carbons (Fsp3) is 0.346. The van der Waals surface area contributed by atoms with Crippen molar-refractivity contribution in [2.24, 2.45) is 0 Å². The van der Waals surface area contributed by atoms with Crippen molar-refractivity contribution >= 4 is 23.9 Å². The van der Waals surface area contributed by atoms with Crippen LogP contribution in [-0.4, -0.2) is 78.1 Å². The Bertz CT molecular complexity index is 1130. The minimum Gasteiger partial charge on any atom is -0.454 e. The zero-order valence-corrected chi connectivity index (χ0v) is 19.4. The minimum atomic E-state index is -0.837. The summed E-state index contributed by atoms with van der Waals surface area (Å²) >= 11 is 0. The van der Waals surface area contributed by atoms with Crippen LogP contribution in [0.1, 0.15) is 17.5 Å². The number of amides is 4. The fourth-order valence-corrected chi connectivity index (χ4v) is 4.47. The SMILES string of the molecule is O=C(C[C@H]1NC(=O)N(Cc2ccc3c(c2)OCO3)C1=O)N1CCN(C/C=C/c2ccccc2)CC1. The summed E-state index contributed by atoms with van der Waals surface area (Å²) in [5, 5.41) is 2.66. The van der Waals surface area contributed by atoms with Gasteiger partial charge in [-0.1, -0.05) is 48.6 Å². The van der Waals surface area contributed by atoms with Crippen LogP contribution in [0.2, 0.25) is 0 Å². The molecule has 3 aliphatic rings. The van der Waals surface area contributed by atoms with Gasteiger partial charge in [0.15, 0.2) is 11.5 Å². The second-order valence-electron chi connectivity index (χ2n) is 8.81. The van der Waals surface area contributed by atoms with Crippen molar-refractivity contribution in [1.82, 2.24) is 20.0 Å². The molecule has 0 saturated carbocycles. The van der Waals surface area contributed by atoms with Crippen molar-refractivity contribution in [3.63, 3.8) is 0 Å². The smallest absolute Gasteiger partial charge is 0.325 e. The molecule has 1 atom stereocenters. The van der Waals surface area contributed by atoms with Gasteiger partial charge >= 0.3 is 6.03 Å². The van der Waals surface area contributed by atoms with E-state index in [9.17, 15) is 14.4 Å². The summed E-state index contributed by atoms with van der Waals surface area (Å²) in [6.07, 6.45) is 4.20. The van der Waals surface area contributed by atoms with Crippen molar-refractivity contribution in [2.45, 2.75) is 19.0 Å². The van der Waals surface area contributed by atoms with Crippen molar-refractivity contribution in [1.29, 1.82) is 0 Å². The Morgan fingerprint density at radius 2 is 1.77 bits per heavy atom. The molecule has 0 radical (unpaired) electrons. The minimum absolute atomic E-state index is 0.0316. The highest BCUT2D eigenvalue weighted by Gasteiger charge is 2.40. The van der Waals surface area contributed by atoms with Gasteiger partial charge < -0.3 is 19.7 Å². The van der Waals surface area contributed by atoms with Gasteiger partial charge in [0.2, 0.25) is 12.7 Å². The number of rotatable bonds is 7. The third-order valence-electron chi connectivity index (χ3n) is 6.46. The van der Waals surface area contributed by atoms with Gasteiger partial charge in [0.25, 0.3) is 5.91 Å². The molecule has 9 nitrogen and oxygen atoms in total. The number of nitrogens with one attached hydrogen (secondary N) is 1. The van der Waals surface area contributed by atoms with Gasteiger partial charge in [0.05, 0.1) is 13.0 Å². The highest BCUT2D eigenvalue weighted by molar-refractivity contribution is 6.05. The number of fused-ring (bicyclic) bond motifs is 1. The zero-order chi connectivity index (χ0) is 24.2. The van der Waals surface area contributed by atoms with Gasteiger partial charge in [-0.2, -0.15) is 0 Å². The van der Waals surface area contributed by atoms with E-state index in [0.717, 1.165) is 35.7 Å². The molecule has 35 heavy (non-hydrogen) atoms. The van der Waals surface area contributed by atoms with E-state index < -0.39 is 12.1 Å². The largest absolute Gasteiger partial charge is 0.454 e. The Morgan fingerprint density at radius 3 is 2.57 bits per heavy atom. The highest BCUT2D eigenvalue weighted by atomic mass is 16.7. The molecule has 3 aliphatic heterocycles. The van der Waals surface area contributed by atoms with Crippen LogP contribution >= 0.6 is 0 Å². The van der Waals surface area contributed by atoms with E-state index in [1.807, 2.05) is 18.2 Å². The molecule has 2 aromatic carbocycles. The second-order valence-corrected chi connectivity index (χ2v) is 8.81. The zero-order valence-electron chi connectivity index (χ0n) is 19.4. The van der Waals surface area contributed by atoms with E-state index in [1.165, 1.54) is 0 Å². The Labute approximate surface area is 203 Å². The molecule has 0 unspecified atom stereocenters. The molecule has 3 heterocycles. The van der Waals surface area contributed by atoms with Gasteiger partial charge in [-0.15, -0.1) is 0 Å². The number of hydrogen-bond donors (Lipinski definition) is 1. The molecule has 9 heteroatoms. The average molecular weight is 477 g/mol. The summed E-state index contributed by atoms with van der Waals surface area (Å²) in [7, 11) is 0. The molecule has 5 rings (SSSR count). The van der Waals surface area contributed by atoms with E-state index in [2.05, 4.69) is 34.5 Å². The molecule has 0 bridgehead atoms. The fourth-order valence-electron chi connectivity index (χ4n) is 4.47. The molecule has 4 amide bonds. The number of urea groups is 1. The number of carbonyl (C=O) groups excluding carboxylic acids is 3. The number of nitrogens with zero attached hydrogens (tertiary/aromatic N) is 3. The lowest BCUT2D eigenvalue weighted by Gasteiger charge is -2.34. The predicted molar refractivity (Wildman–Crippen MR) is 129 cm³/mol. The van der Waals surface area contributed by atoms with Gasteiger partial charge in [-0.05, 0) is 23.3 Å². The average Bonchev–Trinajstić information content (AvgIpc) is 3.45. The van der Waals surface area contributed by atoms with E-state index in [0.29, 0.717) is 24.6 Å². The van der Waals surface area contributed by atoms with Gasteiger partial charge in [-0.3, -0.25) is 19.4 Å². The first-order valence-corrected chi connectivity index (χ1v) is 11.8. The topological polar surface area (TPSA) is 91.4 Å². The number of carbonyl (C=O) groups is 3. The Morgan fingerprint density at radius 1 is 1.00 bits per heavy atom. The molecule has 2 aromatic rings. The first-order chi connectivity index (χ1) is 17.1. The first-order valence-electron chi connectivity index (χ1n) is 11.8. The normalized spacial score (nSPS) is 20.1. The molecule has 0 aromatic heterocycles. The predicted octanol–water partition coefficient (Wildman–Crippen LogP) is 2.08. The van der Waals surface area contributed by atoms with E-state index >= 15 is 0 Å². The Balaban J connectivity index is 1.09. The lowest BCUT2D eigenvalue weighted by molar-refractivity contribution is -0.137.